The number of halogens is 1. The van der Waals surface area contributed by atoms with Gasteiger partial charge >= 0.3 is 0 Å². The Labute approximate surface area is 168 Å². The Morgan fingerprint density at radius 1 is 1.25 bits per heavy atom. The summed E-state index contributed by atoms with van der Waals surface area (Å²) in [4.78, 5) is 4.59. The molecule has 2 N–H and O–H groups in total. The van der Waals surface area contributed by atoms with Gasteiger partial charge in [-0.25, -0.2) is 12.8 Å². The van der Waals surface area contributed by atoms with Gasteiger partial charge in [0.1, 0.15) is 15.9 Å². The van der Waals surface area contributed by atoms with Gasteiger partial charge in [-0.3, -0.25) is 4.99 Å². The van der Waals surface area contributed by atoms with Crippen molar-refractivity contribution in [2.45, 2.75) is 46.6 Å². The summed E-state index contributed by atoms with van der Waals surface area (Å²) in [5, 5.41) is 6.40. The summed E-state index contributed by atoms with van der Waals surface area (Å²) in [6, 6.07) is 6.35. The van der Waals surface area contributed by atoms with Crippen LogP contribution in [0.3, 0.4) is 0 Å². The molecule has 1 aromatic carbocycles. The van der Waals surface area contributed by atoms with Crippen LogP contribution in [-0.4, -0.2) is 52.1 Å². The lowest BCUT2D eigenvalue weighted by molar-refractivity contribution is 0.191. The van der Waals surface area contributed by atoms with Crippen molar-refractivity contribution >= 4 is 15.8 Å². The minimum atomic E-state index is -2.99. The van der Waals surface area contributed by atoms with Gasteiger partial charge in [-0.15, -0.1) is 0 Å². The van der Waals surface area contributed by atoms with Crippen molar-refractivity contribution < 1.29 is 17.5 Å². The number of benzene rings is 1. The van der Waals surface area contributed by atoms with E-state index in [1.165, 1.54) is 12.3 Å². The first-order valence-corrected chi connectivity index (χ1v) is 11.7. The molecule has 0 spiro atoms. The molecule has 0 fully saturated rings. The smallest absolute Gasteiger partial charge is 0.191 e. The molecule has 0 aliphatic rings. The van der Waals surface area contributed by atoms with Gasteiger partial charge in [0.05, 0.1) is 12.3 Å². The second-order valence-corrected chi connectivity index (χ2v) is 9.96. The van der Waals surface area contributed by atoms with E-state index in [-0.39, 0.29) is 28.8 Å². The van der Waals surface area contributed by atoms with Gasteiger partial charge in [0, 0.05) is 19.3 Å². The molecule has 160 valence electrons. The normalized spacial score (nSPS) is 13.9. The van der Waals surface area contributed by atoms with E-state index in [9.17, 15) is 12.8 Å². The Bertz CT molecular complexity index is 736. The molecule has 1 rings (SSSR count). The van der Waals surface area contributed by atoms with Gasteiger partial charge in [0.2, 0.25) is 0 Å². The van der Waals surface area contributed by atoms with Gasteiger partial charge in [0.15, 0.2) is 17.5 Å². The van der Waals surface area contributed by atoms with Crippen molar-refractivity contribution in [3.63, 3.8) is 0 Å². The summed E-state index contributed by atoms with van der Waals surface area (Å²) in [6.45, 7) is 9.61. The Kier molecular flexibility index (Phi) is 9.72. The van der Waals surface area contributed by atoms with Crippen molar-refractivity contribution in [1.29, 1.82) is 0 Å². The summed E-state index contributed by atoms with van der Waals surface area (Å²) >= 11 is 0. The van der Waals surface area contributed by atoms with Crippen molar-refractivity contribution in [3.8, 4) is 5.75 Å². The molecular formula is C20H34FN3O3S. The van der Waals surface area contributed by atoms with Gasteiger partial charge in [0.25, 0.3) is 0 Å². The highest BCUT2D eigenvalue weighted by Crippen LogP contribution is 2.21. The molecule has 0 aromatic heterocycles. The SMILES string of the molecule is CCNC(=NCC(C)(C)CCS(C)(=O)=O)NCC(CC)Oc1ccccc1F. The first kappa shape index (κ1) is 24.2. The molecule has 1 unspecified atom stereocenters. The highest BCUT2D eigenvalue weighted by atomic mass is 32.2. The summed E-state index contributed by atoms with van der Waals surface area (Å²) in [5.74, 6) is 0.633. The standard InChI is InChI=1S/C20H34FN3O3S/c1-6-16(27-18-11-9-8-10-17(18)21)14-23-19(22-7-2)24-15-20(3,4)12-13-28(5,25)26/h8-11,16H,6-7,12-15H2,1-5H3,(H2,22,23,24). The number of sulfone groups is 1. The lowest BCUT2D eigenvalue weighted by Gasteiger charge is -2.24. The molecule has 6 nitrogen and oxygen atoms in total. The van der Waals surface area contributed by atoms with Crippen LogP contribution >= 0.6 is 0 Å². The average molecular weight is 416 g/mol. The average Bonchev–Trinajstić information content (AvgIpc) is 2.62. The fourth-order valence-electron chi connectivity index (χ4n) is 2.38. The Morgan fingerprint density at radius 3 is 2.50 bits per heavy atom. The summed E-state index contributed by atoms with van der Waals surface area (Å²) in [6.07, 6.45) is 2.29. The molecule has 8 heteroatoms. The fourth-order valence-corrected chi connectivity index (χ4v) is 3.30. The number of ether oxygens (including phenoxy) is 1. The number of para-hydroxylation sites is 1. The Morgan fingerprint density at radius 2 is 1.93 bits per heavy atom. The molecule has 1 aromatic rings. The zero-order valence-corrected chi connectivity index (χ0v) is 18.4. The van der Waals surface area contributed by atoms with E-state index in [0.29, 0.717) is 38.4 Å². The summed E-state index contributed by atoms with van der Waals surface area (Å²) in [7, 11) is -2.99. The maximum Gasteiger partial charge on any atom is 0.191 e. The first-order valence-electron chi connectivity index (χ1n) is 9.67. The van der Waals surface area contributed by atoms with E-state index < -0.39 is 9.84 Å². The van der Waals surface area contributed by atoms with Crippen molar-refractivity contribution in [2.24, 2.45) is 10.4 Å². The molecule has 0 aliphatic heterocycles. The van der Waals surface area contributed by atoms with Crippen LogP contribution in [0.1, 0.15) is 40.5 Å². The topological polar surface area (TPSA) is 79.8 Å². The molecule has 0 bridgehead atoms. The number of guanidine groups is 1. The van der Waals surface area contributed by atoms with Gasteiger partial charge in [-0.05, 0) is 37.3 Å². The number of hydrogen-bond donors (Lipinski definition) is 2. The second-order valence-electron chi connectivity index (χ2n) is 7.70. The molecule has 1 atom stereocenters. The summed E-state index contributed by atoms with van der Waals surface area (Å²) in [5.41, 5.74) is -0.237. The molecular weight excluding hydrogens is 381 g/mol. The van der Waals surface area contributed by atoms with Crippen LogP contribution in [0.5, 0.6) is 5.75 Å². The van der Waals surface area contributed by atoms with Crippen molar-refractivity contribution in [3.05, 3.63) is 30.1 Å². The van der Waals surface area contributed by atoms with Gasteiger partial charge in [-0.2, -0.15) is 0 Å². The fraction of sp³-hybridized carbons (Fsp3) is 0.650. The van der Waals surface area contributed by atoms with Crippen LogP contribution in [0, 0.1) is 11.2 Å². The number of aliphatic imine (C=N–C) groups is 1. The van der Waals surface area contributed by atoms with E-state index in [1.807, 2.05) is 27.7 Å². The van der Waals surface area contributed by atoms with Crippen LogP contribution in [0.15, 0.2) is 29.3 Å². The lowest BCUT2D eigenvalue weighted by atomic mass is 9.90. The van der Waals surface area contributed by atoms with Crippen molar-refractivity contribution in [1.82, 2.24) is 10.6 Å². The monoisotopic (exact) mass is 415 g/mol. The van der Waals surface area contributed by atoms with Gasteiger partial charge < -0.3 is 15.4 Å². The molecule has 0 amide bonds. The number of nitrogens with zero attached hydrogens (tertiary/aromatic N) is 1. The number of rotatable bonds is 11. The lowest BCUT2D eigenvalue weighted by Crippen LogP contribution is -2.43. The third-order valence-corrected chi connectivity index (χ3v) is 5.19. The minimum Gasteiger partial charge on any atom is -0.486 e. The van der Waals surface area contributed by atoms with Gasteiger partial charge in [-0.1, -0.05) is 32.9 Å². The maximum atomic E-state index is 13.8. The van der Waals surface area contributed by atoms with Crippen LogP contribution in [0.2, 0.25) is 0 Å². The molecule has 0 heterocycles. The quantitative estimate of drug-likeness (QED) is 0.429. The zero-order chi connectivity index (χ0) is 21.2. The van der Waals surface area contributed by atoms with E-state index in [4.69, 9.17) is 4.74 Å². The maximum absolute atomic E-state index is 13.8. The predicted molar refractivity (Wildman–Crippen MR) is 113 cm³/mol. The van der Waals surface area contributed by atoms with E-state index in [2.05, 4.69) is 15.6 Å². The Balaban J connectivity index is 2.66. The number of hydrogen-bond acceptors (Lipinski definition) is 4. The first-order chi connectivity index (χ1) is 13.1. The highest BCUT2D eigenvalue weighted by molar-refractivity contribution is 7.90. The third kappa shape index (κ3) is 9.92. The molecule has 28 heavy (non-hydrogen) atoms. The van der Waals surface area contributed by atoms with Crippen LogP contribution < -0.4 is 15.4 Å². The second kappa shape index (κ2) is 11.2. The molecule has 0 saturated carbocycles. The molecule has 0 radical (unpaired) electrons. The van der Waals surface area contributed by atoms with Crippen molar-refractivity contribution in [2.75, 3.05) is 31.6 Å². The molecule has 0 aliphatic carbocycles. The Hall–Kier alpha value is -1.83. The van der Waals surface area contributed by atoms with Crippen LogP contribution in [0.25, 0.3) is 0 Å². The summed E-state index contributed by atoms with van der Waals surface area (Å²) < 4.78 is 42.4. The van der Waals surface area contributed by atoms with E-state index in [1.54, 1.807) is 18.2 Å². The minimum absolute atomic E-state index is 0.147. The predicted octanol–water partition coefficient (Wildman–Crippen LogP) is 3.00. The highest BCUT2D eigenvalue weighted by Gasteiger charge is 2.20. The third-order valence-electron chi connectivity index (χ3n) is 4.24. The largest absolute Gasteiger partial charge is 0.486 e. The van der Waals surface area contributed by atoms with E-state index >= 15 is 0 Å². The van der Waals surface area contributed by atoms with Crippen LogP contribution in [-0.2, 0) is 9.84 Å². The van der Waals surface area contributed by atoms with Crippen LogP contribution in [0.4, 0.5) is 4.39 Å². The number of nitrogens with one attached hydrogen (secondary N) is 2. The van der Waals surface area contributed by atoms with E-state index in [0.717, 1.165) is 0 Å². The zero-order valence-electron chi connectivity index (χ0n) is 17.6. The molecule has 0 saturated heterocycles.